The van der Waals surface area contributed by atoms with Gasteiger partial charge in [-0.05, 0) is 48.9 Å². The lowest BCUT2D eigenvalue weighted by Crippen LogP contribution is -2.41. The fraction of sp³-hybridized carbons (Fsp3) is 0.444. The number of fused-ring (bicyclic) bond motifs is 3. The predicted octanol–water partition coefficient (Wildman–Crippen LogP) is 1.38. The van der Waals surface area contributed by atoms with Crippen LogP contribution >= 0.6 is 0 Å². The number of hydrogen-bond donors (Lipinski definition) is 1. The number of pyridine rings is 1. The number of aromatic nitrogens is 3. The highest BCUT2D eigenvalue weighted by Crippen LogP contribution is 2.23. The Labute approximate surface area is 145 Å². The molecule has 1 N–H and O–H groups in total. The van der Waals surface area contributed by atoms with Gasteiger partial charge in [0.1, 0.15) is 5.75 Å². The first-order valence-electron chi connectivity index (χ1n) is 8.54. The molecule has 1 aliphatic rings. The molecule has 0 saturated carbocycles. The second-order valence-electron chi connectivity index (χ2n) is 6.71. The van der Waals surface area contributed by atoms with Gasteiger partial charge in [-0.15, -0.1) is 5.10 Å². The van der Waals surface area contributed by atoms with Gasteiger partial charge in [-0.3, -0.25) is 4.90 Å². The lowest BCUT2D eigenvalue weighted by Gasteiger charge is -2.29. The Kier molecular flexibility index (Phi) is 3.97. The minimum atomic E-state index is -0.326. The molecule has 0 aliphatic carbocycles. The highest BCUT2D eigenvalue weighted by molar-refractivity contribution is 5.84. The molecule has 25 heavy (non-hydrogen) atoms. The molecule has 3 aromatic rings. The normalized spacial score (nSPS) is 18.9. The number of aliphatic hydroxyl groups is 1. The van der Waals surface area contributed by atoms with Crippen molar-refractivity contribution in [3.63, 3.8) is 0 Å². The maximum absolute atomic E-state index is 13.0. The van der Waals surface area contributed by atoms with E-state index in [-0.39, 0.29) is 11.8 Å². The van der Waals surface area contributed by atoms with Crippen molar-refractivity contribution in [3.05, 3.63) is 40.3 Å². The third-order valence-electron chi connectivity index (χ3n) is 4.86. The molecular formula is C18H22N4O3. The van der Waals surface area contributed by atoms with E-state index in [1.165, 1.54) is 4.68 Å². The molecule has 1 fully saturated rings. The summed E-state index contributed by atoms with van der Waals surface area (Å²) < 4.78 is 8.43. The summed E-state index contributed by atoms with van der Waals surface area (Å²) in [6.07, 6.45) is 1.43. The van der Waals surface area contributed by atoms with Crippen LogP contribution in [0.1, 0.15) is 18.4 Å². The van der Waals surface area contributed by atoms with Gasteiger partial charge < -0.3 is 9.84 Å². The minimum Gasteiger partial charge on any atom is -0.497 e. The zero-order valence-corrected chi connectivity index (χ0v) is 14.5. The summed E-state index contributed by atoms with van der Waals surface area (Å²) in [5.41, 5.74) is 2.22. The summed E-state index contributed by atoms with van der Waals surface area (Å²) >= 11 is 0. The van der Waals surface area contributed by atoms with Gasteiger partial charge in [0.25, 0.3) is 0 Å². The number of β-amino-alcohol motifs (C(OH)–C–C–N with tert-alkyl or cyclic N) is 1. The van der Waals surface area contributed by atoms with E-state index in [2.05, 4.69) is 10.00 Å². The van der Waals surface area contributed by atoms with Crippen molar-refractivity contribution in [2.75, 3.05) is 20.2 Å². The third kappa shape index (κ3) is 2.79. The average molecular weight is 342 g/mol. The van der Waals surface area contributed by atoms with Crippen LogP contribution in [0.15, 0.2) is 29.1 Å². The van der Waals surface area contributed by atoms with Gasteiger partial charge in [-0.1, -0.05) is 0 Å². The molecule has 0 bridgehead atoms. The molecule has 3 heterocycles. The van der Waals surface area contributed by atoms with Gasteiger partial charge in [-0.2, -0.15) is 4.68 Å². The summed E-state index contributed by atoms with van der Waals surface area (Å²) in [4.78, 5) is 15.1. The average Bonchev–Trinajstić information content (AvgIpc) is 2.92. The molecule has 0 spiro atoms. The molecule has 7 nitrogen and oxygen atoms in total. The number of nitrogens with zero attached hydrogens (tertiary/aromatic N) is 4. The number of ether oxygens (including phenoxy) is 1. The molecule has 0 unspecified atom stereocenters. The van der Waals surface area contributed by atoms with E-state index in [1.54, 1.807) is 11.5 Å². The molecule has 1 aromatic carbocycles. The molecule has 7 heteroatoms. The summed E-state index contributed by atoms with van der Waals surface area (Å²) in [5, 5.41) is 15.4. The van der Waals surface area contributed by atoms with Crippen molar-refractivity contribution in [2.45, 2.75) is 32.5 Å². The number of methoxy groups -OCH3 is 1. The highest BCUT2D eigenvalue weighted by atomic mass is 16.5. The van der Waals surface area contributed by atoms with E-state index in [0.717, 1.165) is 35.9 Å². The zero-order valence-electron chi connectivity index (χ0n) is 14.5. The van der Waals surface area contributed by atoms with Crippen molar-refractivity contribution in [3.8, 4) is 5.75 Å². The van der Waals surface area contributed by atoms with Gasteiger partial charge in [0.05, 0.1) is 25.4 Å². The van der Waals surface area contributed by atoms with Crippen LogP contribution in [0.3, 0.4) is 0 Å². The topological polar surface area (TPSA) is 72.0 Å². The second-order valence-corrected chi connectivity index (χ2v) is 6.71. The molecule has 1 saturated heterocycles. The summed E-state index contributed by atoms with van der Waals surface area (Å²) in [6, 6.07) is 7.73. The number of aliphatic hydroxyl groups excluding tert-OH is 1. The Morgan fingerprint density at radius 3 is 2.96 bits per heavy atom. The molecule has 132 valence electrons. The van der Waals surface area contributed by atoms with E-state index in [4.69, 9.17) is 4.74 Å². The van der Waals surface area contributed by atoms with Crippen LogP contribution in [0, 0.1) is 6.92 Å². The highest BCUT2D eigenvalue weighted by Gasteiger charge is 2.20. The Morgan fingerprint density at radius 1 is 1.36 bits per heavy atom. The van der Waals surface area contributed by atoms with Gasteiger partial charge in [0.2, 0.25) is 0 Å². The number of likely N-dealkylation sites (tertiary alicyclic amines) is 1. The SMILES string of the molecule is COc1ccc2cc(C)c3nn(CN4CCC[C@@H](O)C4)c(=O)n3c2c1. The van der Waals surface area contributed by atoms with Gasteiger partial charge in [0, 0.05) is 19.2 Å². The van der Waals surface area contributed by atoms with E-state index >= 15 is 0 Å². The van der Waals surface area contributed by atoms with E-state index in [9.17, 15) is 9.90 Å². The number of benzene rings is 1. The van der Waals surface area contributed by atoms with Crippen LogP contribution in [0.4, 0.5) is 0 Å². The largest absolute Gasteiger partial charge is 0.497 e. The maximum atomic E-state index is 13.0. The van der Waals surface area contributed by atoms with Gasteiger partial charge in [-0.25, -0.2) is 9.20 Å². The van der Waals surface area contributed by atoms with Crippen molar-refractivity contribution in [1.82, 2.24) is 19.1 Å². The number of aryl methyl sites for hydroxylation is 1. The maximum Gasteiger partial charge on any atom is 0.352 e. The van der Waals surface area contributed by atoms with Crippen molar-refractivity contribution >= 4 is 16.6 Å². The molecule has 0 amide bonds. The first kappa shape index (κ1) is 16.1. The zero-order chi connectivity index (χ0) is 17.6. The van der Waals surface area contributed by atoms with Crippen LogP contribution in [-0.4, -0.2) is 50.5 Å². The molecule has 1 aliphatic heterocycles. The lowest BCUT2D eigenvalue weighted by atomic mass is 10.1. The first-order valence-corrected chi connectivity index (χ1v) is 8.54. The van der Waals surface area contributed by atoms with E-state index in [1.807, 2.05) is 31.2 Å². The Balaban J connectivity index is 1.84. The fourth-order valence-corrected chi connectivity index (χ4v) is 3.59. The van der Waals surface area contributed by atoms with Crippen molar-refractivity contribution in [2.24, 2.45) is 0 Å². The van der Waals surface area contributed by atoms with Gasteiger partial charge >= 0.3 is 5.69 Å². The third-order valence-corrected chi connectivity index (χ3v) is 4.86. The van der Waals surface area contributed by atoms with Crippen molar-refractivity contribution < 1.29 is 9.84 Å². The van der Waals surface area contributed by atoms with E-state index in [0.29, 0.717) is 24.6 Å². The predicted molar refractivity (Wildman–Crippen MR) is 95.1 cm³/mol. The molecule has 2 aromatic heterocycles. The summed E-state index contributed by atoms with van der Waals surface area (Å²) in [7, 11) is 1.61. The van der Waals surface area contributed by atoms with Crippen LogP contribution in [0.25, 0.3) is 16.6 Å². The Bertz CT molecular complexity index is 991. The van der Waals surface area contributed by atoms with Gasteiger partial charge in [0.15, 0.2) is 5.65 Å². The Hall–Kier alpha value is -2.38. The second kappa shape index (κ2) is 6.16. The Morgan fingerprint density at radius 2 is 2.20 bits per heavy atom. The van der Waals surface area contributed by atoms with Crippen LogP contribution < -0.4 is 10.4 Å². The minimum absolute atomic E-state index is 0.169. The fourth-order valence-electron chi connectivity index (χ4n) is 3.59. The standard InChI is InChI=1S/C18H22N4O3/c1-12-8-13-5-6-15(25-2)9-16(13)22-17(12)19-21(18(22)24)11-20-7-3-4-14(23)10-20/h5-6,8-9,14,23H,3-4,7,10-11H2,1-2H3/t14-/m1/s1. The number of rotatable bonds is 3. The van der Waals surface area contributed by atoms with Crippen LogP contribution in [-0.2, 0) is 6.67 Å². The molecule has 0 radical (unpaired) electrons. The lowest BCUT2D eigenvalue weighted by molar-refractivity contribution is 0.0509. The molecule has 1 atom stereocenters. The van der Waals surface area contributed by atoms with Crippen LogP contribution in [0.5, 0.6) is 5.75 Å². The summed E-state index contributed by atoms with van der Waals surface area (Å²) in [6.45, 7) is 3.79. The molecule has 4 rings (SSSR count). The quantitative estimate of drug-likeness (QED) is 0.779. The van der Waals surface area contributed by atoms with E-state index < -0.39 is 0 Å². The smallest absolute Gasteiger partial charge is 0.352 e. The monoisotopic (exact) mass is 342 g/mol. The van der Waals surface area contributed by atoms with Crippen molar-refractivity contribution in [1.29, 1.82) is 0 Å². The molecular weight excluding hydrogens is 320 g/mol. The number of piperidine rings is 1. The van der Waals surface area contributed by atoms with Crippen LogP contribution in [0.2, 0.25) is 0 Å². The first-order chi connectivity index (χ1) is 12.1. The summed E-state index contributed by atoms with van der Waals surface area (Å²) in [5.74, 6) is 0.705. The number of hydrogen-bond acceptors (Lipinski definition) is 5.